The number of ether oxygens (including phenoxy) is 1. The van der Waals surface area contributed by atoms with E-state index in [1.165, 1.54) is 7.11 Å². The molecule has 0 aromatic heterocycles. The zero-order valence-corrected chi connectivity index (χ0v) is 15.3. The summed E-state index contributed by atoms with van der Waals surface area (Å²) in [5, 5.41) is 5.10. The van der Waals surface area contributed by atoms with Gasteiger partial charge in [-0.15, -0.1) is 0 Å². The third kappa shape index (κ3) is 6.07. The summed E-state index contributed by atoms with van der Waals surface area (Å²) in [6.45, 7) is 5.34. The summed E-state index contributed by atoms with van der Waals surface area (Å²) in [5.41, 5.74) is 0.0670. The highest BCUT2D eigenvalue weighted by molar-refractivity contribution is 7.74. The van der Waals surface area contributed by atoms with Crippen LogP contribution in [0.25, 0.3) is 0 Å². The molecular formula is C16H25N2O5P. The predicted molar refractivity (Wildman–Crippen MR) is 92.0 cm³/mol. The molecule has 7 nitrogen and oxygen atoms in total. The minimum atomic E-state index is -3.92. The van der Waals surface area contributed by atoms with Crippen molar-refractivity contribution in [2.45, 2.75) is 39.3 Å². The summed E-state index contributed by atoms with van der Waals surface area (Å²) in [7, 11) is -2.75. The van der Waals surface area contributed by atoms with Gasteiger partial charge in [-0.05, 0) is 32.8 Å². The lowest BCUT2D eigenvalue weighted by Crippen LogP contribution is -2.42. The van der Waals surface area contributed by atoms with E-state index in [1.54, 1.807) is 20.8 Å². The molecule has 0 radical (unpaired) electrons. The summed E-state index contributed by atoms with van der Waals surface area (Å²) in [6, 6.07) is 8.01. The first-order chi connectivity index (χ1) is 11.3. The minimum absolute atomic E-state index is 0.182. The van der Waals surface area contributed by atoms with Crippen molar-refractivity contribution in [1.29, 1.82) is 0 Å². The Morgan fingerprint density at radius 1 is 1.21 bits per heavy atom. The molecular weight excluding hydrogens is 331 g/mol. The highest BCUT2D eigenvalue weighted by Gasteiger charge is 2.37. The molecule has 0 bridgehead atoms. The minimum Gasteiger partial charge on any atom is -0.465 e. The van der Waals surface area contributed by atoms with Crippen molar-refractivity contribution in [2.75, 3.05) is 13.7 Å². The van der Waals surface area contributed by atoms with Gasteiger partial charge in [-0.3, -0.25) is 14.2 Å². The normalized spacial score (nSPS) is 14.7. The van der Waals surface area contributed by atoms with Gasteiger partial charge in [-0.1, -0.05) is 30.3 Å². The fourth-order valence-corrected chi connectivity index (χ4v) is 3.43. The summed E-state index contributed by atoms with van der Waals surface area (Å²) < 4.78 is 22.7. The van der Waals surface area contributed by atoms with Gasteiger partial charge in [0, 0.05) is 13.2 Å². The molecule has 1 rings (SSSR count). The smallest absolute Gasteiger partial charge is 0.356 e. The Labute approximate surface area is 142 Å². The monoisotopic (exact) mass is 356 g/mol. The van der Waals surface area contributed by atoms with Crippen molar-refractivity contribution in [3.63, 3.8) is 0 Å². The SMILES string of the molecule is CCOC(=O)[C@@H](Cc1ccccc1)N[P@@](=O)(OC)C(=O)NC(C)C. The number of amides is 1. The number of hydrogen-bond donors (Lipinski definition) is 2. The van der Waals surface area contributed by atoms with Crippen LogP contribution >= 0.6 is 7.52 Å². The highest BCUT2D eigenvalue weighted by Crippen LogP contribution is 2.43. The summed E-state index contributed by atoms with van der Waals surface area (Å²) in [5.74, 6) is -0.587. The summed E-state index contributed by atoms with van der Waals surface area (Å²) >= 11 is 0. The van der Waals surface area contributed by atoms with Gasteiger partial charge in [0.15, 0.2) is 0 Å². The van der Waals surface area contributed by atoms with E-state index in [0.717, 1.165) is 5.56 Å². The molecule has 0 aliphatic rings. The van der Waals surface area contributed by atoms with Gasteiger partial charge < -0.3 is 14.6 Å². The van der Waals surface area contributed by atoms with Gasteiger partial charge in [0.1, 0.15) is 6.04 Å². The summed E-state index contributed by atoms with van der Waals surface area (Å²) in [6.07, 6.45) is 0.224. The van der Waals surface area contributed by atoms with E-state index in [4.69, 9.17) is 9.26 Å². The Bertz CT molecular complexity index is 591. The molecule has 0 unspecified atom stereocenters. The Morgan fingerprint density at radius 3 is 2.33 bits per heavy atom. The van der Waals surface area contributed by atoms with Crippen molar-refractivity contribution in [1.82, 2.24) is 10.4 Å². The third-order valence-electron chi connectivity index (χ3n) is 3.12. The Morgan fingerprint density at radius 2 is 1.83 bits per heavy atom. The van der Waals surface area contributed by atoms with Crippen LogP contribution in [-0.2, 0) is 25.0 Å². The molecule has 0 saturated carbocycles. The second-order valence-electron chi connectivity index (χ2n) is 5.46. The van der Waals surface area contributed by atoms with Gasteiger partial charge >= 0.3 is 19.1 Å². The lowest BCUT2D eigenvalue weighted by Gasteiger charge is -2.23. The van der Waals surface area contributed by atoms with Crippen LogP contribution in [0, 0.1) is 0 Å². The Balaban J connectivity index is 2.98. The van der Waals surface area contributed by atoms with Crippen molar-refractivity contribution in [3.05, 3.63) is 35.9 Å². The second kappa shape index (κ2) is 9.57. The Kier molecular flexibility index (Phi) is 8.11. The molecule has 1 aromatic rings. The molecule has 0 saturated heterocycles. The number of carbonyl (C=O) groups is 2. The van der Waals surface area contributed by atoms with E-state index >= 15 is 0 Å². The number of benzene rings is 1. The van der Waals surface area contributed by atoms with Crippen LogP contribution in [0.15, 0.2) is 30.3 Å². The van der Waals surface area contributed by atoms with Gasteiger partial charge in [-0.25, -0.2) is 5.09 Å². The molecule has 0 aliphatic heterocycles. The van der Waals surface area contributed by atoms with Gasteiger partial charge in [0.25, 0.3) is 0 Å². The van der Waals surface area contributed by atoms with E-state index in [2.05, 4.69) is 10.4 Å². The predicted octanol–water partition coefficient (Wildman–Crippen LogP) is 2.71. The molecule has 1 aromatic carbocycles. The quantitative estimate of drug-likeness (QED) is 0.522. The number of rotatable bonds is 9. The average molecular weight is 356 g/mol. The zero-order chi connectivity index (χ0) is 18.2. The molecule has 8 heteroatoms. The van der Waals surface area contributed by atoms with Gasteiger partial charge in [-0.2, -0.15) is 0 Å². The van der Waals surface area contributed by atoms with E-state index in [1.807, 2.05) is 30.3 Å². The van der Waals surface area contributed by atoms with E-state index in [9.17, 15) is 14.2 Å². The van der Waals surface area contributed by atoms with Crippen LogP contribution in [0.4, 0.5) is 4.79 Å². The number of nitrogens with one attached hydrogen (secondary N) is 2. The van der Waals surface area contributed by atoms with Crippen molar-refractivity contribution in [2.24, 2.45) is 0 Å². The lowest BCUT2D eigenvalue weighted by molar-refractivity contribution is -0.145. The third-order valence-corrected chi connectivity index (χ3v) is 4.95. The van der Waals surface area contributed by atoms with E-state index in [0.29, 0.717) is 0 Å². The van der Waals surface area contributed by atoms with Crippen LogP contribution in [0.3, 0.4) is 0 Å². The fourth-order valence-electron chi connectivity index (χ4n) is 2.01. The van der Waals surface area contributed by atoms with E-state index < -0.39 is 25.2 Å². The summed E-state index contributed by atoms with van der Waals surface area (Å²) in [4.78, 5) is 24.4. The molecule has 1 amide bonds. The van der Waals surface area contributed by atoms with Crippen LogP contribution in [0.5, 0.6) is 0 Å². The van der Waals surface area contributed by atoms with Gasteiger partial charge in [0.05, 0.1) is 6.61 Å². The molecule has 0 heterocycles. The molecule has 0 spiro atoms. The molecule has 24 heavy (non-hydrogen) atoms. The number of esters is 1. The van der Waals surface area contributed by atoms with Crippen molar-refractivity contribution >= 4 is 19.1 Å². The topological polar surface area (TPSA) is 93.7 Å². The molecule has 0 aliphatic carbocycles. The van der Waals surface area contributed by atoms with Crippen molar-refractivity contribution in [3.8, 4) is 0 Å². The molecule has 134 valence electrons. The van der Waals surface area contributed by atoms with Crippen LogP contribution < -0.4 is 10.4 Å². The largest absolute Gasteiger partial charge is 0.465 e. The fraction of sp³-hybridized carbons (Fsp3) is 0.500. The maximum absolute atomic E-state index is 12.8. The second-order valence-corrected chi connectivity index (χ2v) is 7.59. The zero-order valence-electron chi connectivity index (χ0n) is 14.4. The molecule has 2 N–H and O–H groups in total. The van der Waals surface area contributed by atoms with Crippen molar-refractivity contribution < 1.29 is 23.4 Å². The van der Waals surface area contributed by atoms with Crippen LogP contribution in [0.1, 0.15) is 26.3 Å². The van der Waals surface area contributed by atoms with Crippen LogP contribution in [0.2, 0.25) is 0 Å². The standard InChI is InChI=1S/C16H25N2O5P/c1-5-23-15(19)14(11-13-9-7-6-8-10-13)18-24(21,22-4)16(20)17-12(2)3/h6-10,12,14H,5,11H2,1-4H3,(H,17,20)(H,18,21)/t14-,24+/m1/s1. The van der Waals surface area contributed by atoms with E-state index in [-0.39, 0.29) is 19.1 Å². The first-order valence-electron chi connectivity index (χ1n) is 7.77. The number of carbonyl (C=O) groups excluding carboxylic acids is 2. The van der Waals surface area contributed by atoms with Gasteiger partial charge in [0.2, 0.25) is 0 Å². The maximum atomic E-state index is 12.8. The first-order valence-corrected chi connectivity index (χ1v) is 9.40. The molecule has 0 fully saturated rings. The maximum Gasteiger partial charge on any atom is 0.356 e. The average Bonchev–Trinajstić information content (AvgIpc) is 2.54. The first kappa shape index (κ1) is 20.4. The lowest BCUT2D eigenvalue weighted by atomic mass is 10.1. The highest BCUT2D eigenvalue weighted by atomic mass is 31.2. The molecule has 2 atom stereocenters. The Hall–Kier alpha value is -1.69. The number of hydrogen-bond acceptors (Lipinski definition) is 5. The van der Waals surface area contributed by atoms with Crippen LogP contribution in [-0.4, -0.2) is 37.4 Å².